The lowest BCUT2D eigenvalue weighted by Gasteiger charge is -2.20. The molecule has 0 unspecified atom stereocenters. The van der Waals surface area contributed by atoms with Crippen molar-refractivity contribution < 1.29 is 19.1 Å². The molecular weight excluding hydrogens is 346 g/mol. The molecule has 7 nitrogen and oxygen atoms in total. The van der Waals surface area contributed by atoms with E-state index in [1.54, 1.807) is 56.3 Å². The van der Waals surface area contributed by atoms with E-state index in [0.717, 1.165) is 0 Å². The molecule has 0 aliphatic rings. The molecule has 2 N–H and O–H groups in total. The van der Waals surface area contributed by atoms with Crippen molar-refractivity contribution in [3.8, 4) is 17.6 Å². The van der Waals surface area contributed by atoms with Crippen molar-refractivity contribution in [2.75, 3.05) is 13.2 Å². The molecular formula is C20H21N3O4. The average Bonchev–Trinajstić information content (AvgIpc) is 2.67. The van der Waals surface area contributed by atoms with Crippen LogP contribution in [0, 0.1) is 11.3 Å². The normalized spacial score (nSPS) is 11.0. The molecule has 2 aromatic carbocycles. The Kier molecular flexibility index (Phi) is 7.20. The molecule has 0 saturated heterocycles. The number of nitrogens with one attached hydrogen (secondary N) is 2. The number of amides is 3. The molecule has 27 heavy (non-hydrogen) atoms. The van der Waals surface area contributed by atoms with Gasteiger partial charge in [0.15, 0.2) is 11.5 Å². The Morgan fingerprint density at radius 1 is 1.11 bits per heavy atom. The molecule has 7 heteroatoms. The van der Waals surface area contributed by atoms with Gasteiger partial charge in [0, 0.05) is 18.2 Å². The first-order valence-electron chi connectivity index (χ1n) is 8.56. The lowest BCUT2D eigenvalue weighted by molar-refractivity contribution is -0.127. The fourth-order valence-corrected chi connectivity index (χ4v) is 2.35. The van der Waals surface area contributed by atoms with Crippen LogP contribution in [0.2, 0.25) is 0 Å². The van der Waals surface area contributed by atoms with Gasteiger partial charge in [-0.15, -0.1) is 0 Å². The van der Waals surface area contributed by atoms with Gasteiger partial charge < -0.3 is 14.8 Å². The average molecular weight is 367 g/mol. The number of hydrogen-bond donors (Lipinski definition) is 2. The number of carbonyl (C=O) groups excluding carboxylic acids is 2. The summed E-state index contributed by atoms with van der Waals surface area (Å²) >= 11 is 0. The highest BCUT2D eigenvalue weighted by Gasteiger charge is 2.25. The fourth-order valence-electron chi connectivity index (χ4n) is 2.35. The number of imide groups is 1. The second-order valence-corrected chi connectivity index (χ2v) is 5.46. The first-order chi connectivity index (χ1) is 13.1. The Balaban J connectivity index is 2.34. The van der Waals surface area contributed by atoms with Gasteiger partial charge in [-0.1, -0.05) is 30.3 Å². The van der Waals surface area contributed by atoms with Crippen LogP contribution < -0.4 is 20.1 Å². The lowest BCUT2D eigenvalue weighted by Crippen LogP contribution is -2.42. The van der Waals surface area contributed by atoms with Crippen molar-refractivity contribution in [1.29, 1.82) is 5.26 Å². The standard InChI is InChI=1S/C20H21N3O4/c1-3-22-20(25)23-19(24)18(15-8-6-5-7-9-15)27-16-11-10-14(13-21)12-17(16)26-4-2/h5-12,18H,3-4H2,1-2H3,(H2,22,23,24,25)/t18-/m1/s1. The third kappa shape index (κ3) is 5.47. The Labute approximate surface area is 157 Å². The van der Waals surface area contributed by atoms with E-state index in [4.69, 9.17) is 14.7 Å². The van der Waals surface area contributed by atoms with Crippen LogP contribution in [0.5, 0.6) is 11.5 Å². The number of nitrogens with zero attached hydrogens (tertiary/aromatic N) is 1. The van der Waals surface area contributed by atoms with Crippen molar-refractivity contribution in [2.45, 2.75) is 20.0 Å². The van der Waals surface area contributed by atoms with Gasteiger partial charge in [0.25, 0.3) is 5.91 Å². The van der Waals surface area contributed by atoms with E-state index in [-0.39, 0.29) is 0 Å². The summed E-state index contributed by atoms with van der Waals surface area (Å²) in [5.41, 5.74) is 0.986. The maximum atomic E-state index is 12.6. The predicted octanol–water partition coefficient (Wildman–Crippen LogP) is 2.92. The summed E-state index contributed by atoms with van der Waals surface area (Å²) in [6, 6.07) is 14.9. The van der Waals surface area contributed by atoms with Gasteiger partial charge >= 0.3 is 6.03 Å². The smallest absolute Gasteiger partial charge is 0.321 e. The Morgan fingerprint density at radius 3 is 2.48 bits per heavy atom. The van der Waals surface area contributed by atoms with E-state index < -0.39 is 18.0 Å². The highest BCUT2D eigenvalue weighted by atomic mass is 16.5. The van der Waals surface area contributed by atoms with Crippen LogP contribution >= 0.6 is 0 Å². The SMILES string of the molecule is CCNC(=O)NC(=O)[C@H](Oc1ccc(C#N)cc1OCC)c1ccccc1. The molecule has 0 aliphatic heterocycles. The third-order valence-corrected chi connectivity index (χ3v) is 3.53. The highest BCUT2D eigenvalue weighted by molar-refractivity contribution is 5.97. The molecule has 3 amide bonds. The van der Waals surface area contributed by atoms with Crippen LogP contribution in [0.3, 0.4) is 0 Å². The molecule has 140 valence electrons. The Bertz CT molecular complexity index is 831. The molecule has 2 aromatic rings. The van der Waals surface area contributed by atoms with Crippen molar-refractivity contribution in [3.63, 3.8) is 0 Å². The highest BCUT2D eigenvalue weighted by Crippen LogP contribution is 2.32. The number of nitriles is 1. The zero-order valence-electron chi connectivity index (χ0n) is 15.2. The lowest BCUT2D eigenvalue weighted by atomic mass is 10.1. The largest absolute Gasteiger partial charge is 0.490 e. The number of ether oxygens (including phenoxy) is 2. The monoisotopic (exact) mass is 367 g/mol. The minimum atomic E-state index is -1.07. The summed E-state index contributed by atoms with van der Waals surface area (Å²) in [6.45, 7) is 4.31. The molecule has 0 heterocycles. The molecule has 0 radical (unpaired) electrons. The van der Waals surface area contributed by atoms with Crippen LogP contribution in [0.15, 0.2) is 48.5 Å². The van der Waals surface area contributed by atoms with Gasteiger partial charge in [0.05, 0.1) is 18.2 Å². The molecule has 0 saturated carbocycles. The number of hydrogen-bond acceptors (Lipinski definition) is 5. The van der Waals surface area contributed by atoms with E-state index >= 15 is 0 Å². The van der Waals surface area contributed by atoms with Gasteiger partial charge in [-0.3, -0.25) is 10.1 Å². The number of carbonyl (C=O) groups is 2. The predicted molar refractivity (Wildman–Crippen MR) is 99.4 cm³/mol. The van der Waals surface area contributed by atoms with Crippen LogP contribution in [-0.4, -0.2) is 25.1 Å². The van der Waals surface area contributed by atoms with Crippen molar-refractivity contribution in [3.05, 3.63) is 59.7 Å². The fraction of sp³-hybridized carbons (Fsp3) is 0.250. The van der Waals surface area contributed by atoms with E-state index in [1.165, 1.54) is 0 Å². The minimum absolute atomic E-state index is 0.302. The quantitative estimate of drug-likeness (QED) is 0.784. The van der Waals surface area contributed by atoms with Crippen molar-refractivity contribution >= 4 is 11.9 Å². The molecule has 0 spiro atoms. The van der Waals surface area contributed by atoms with Crippen molar-refractivity contribution in [1.82, 2.24) is 10.6 Å². The summed E-state index contributed by atoms with van der Waals surface area (Å²) in [7, 11) is 0. The van der Waals surface area contributed by atoms with Crippen LogP contribution in [0.25, 0.3) is 0 Å². The minimum Gasteiger partial charge on any atom is -0.490 e. The molecule has 2 rings (SSSR count). The van der Waals surface area contributed by atoms with Gasteiger partial charge in [-0.2, -0.15) is 5.26 Å². The van der Waals surface area contributed by atoms with E-state index in [1.807, 2.05) is 12.1 Å². The second kappa shape index (κ2) is 9.82. The summed E-state index contributed by atoms with van der Waals surface area (Å²) in [4.78, 5) is 24.4. The Hall–Kier alpha value is -3.53. The summed E-state index contributed by atoms with van der Waals surface area (Å²) < 4.78 is 11.4. The van der Waals surface area contributed by atoms with E-state index in [2.05, 4.69) is 10.6 Å². The first-order valence-corrected chi connectivity index (χ1v) is 8.56. The summed E-state index contributed by atoms with van der Waals surface area (Å²) in [5, 5.41) is 13.8. The first kappa shape index (κ1) is 19.8. The van der Waals surface area contributed by atoms with Gasteiger partial charge in [-0.05, 0) is 26.0 Å². The zero-order valence-corrected chi connectivity index (χ0v) is 15.2. The topological polar surface area (TPSA) is 100 Å². The van der Waals surface area contributed by atoms with Crippen molar-refractivity contribution in [2.24, 2.45) is 0 Å². The maximum absolute atomic E-state index is 12.6. The number of rotatable bonds is 7. The Morgan fingerprint density at radius 2 is 1.85 bits per heavy atom. The third-order valence-electron chi connectivity index (χ3n) is 3.53. The van der Waals surface area contributed by atoms with E-state index in [9.17, 15) is 9.59 Å². The van der Waals surface area contributed by atoms with Gasteiger partial charge in [0.2, 0.25) is 6.10 Å². The van der Waals surface area contributed by atoms with Gasteiger partial charge in [-0.25, -0.2) is 4.79 Å². The molecule has 0 aliphatic carbocycles. The second-order valence-electron chi connectivity index (χ2n) is 5.46. The summed E-state index contributed by atoms with van der Waals surface area (Å²) in [5.74, 6) is 0.0398. The zero-order chi connectivity index (χ0) is 19.6. The number of benzene rings is 2. The molecule has 1 atom stereocenters. The number of urea groups is 1. The van der Waals surface area contributed by atoms with Crippen LogP contribution in [-0.2, 0) is 4.79 Å². The van der Waals surface area contributed by atoms with Gasteiger partial charge in [0.1, 0.15) is 0 Å². The summed E-state index contributed by atoms with van der Waals surface area (Å²) in [6.07, 6.45) is -1.07. The molecule has 0 aromatic heterocycles. The molecule has 0 fully saturated rings. The van der Waals surface area contributed by atoms with Crippen LogP contribution in [0.1, 0.15) is 31.1 Å². The maximum Gasteiger partial charge on any atom is 0.321 e. The molecule has 0 bridgehead atoms. The van der Waals surface area contributed by atoms with E-state index in [0.29, 0.717) is 35.8 Å². The van der Waals surface area contributed by atoms with Crippen LogP contribution in [0.4, 0.5) is 4.79 Å².